The van der Waals surface area contributed by atoms with E-state index < -0.39 is 0 Å². The van der Waals surface area contributed by atoms with Crippen molar-refractivity contribution >= 4 is 22.9 Å². The number of carbonyl (C=O) groups excluding carboxylic acids is 1. The molecule has 106 valence electrons. The Morgan fingerprint density at radius 1 is 1.40 bits per heavy atom. The van der Waals surface area contributed by atoms with Crippen LogP contribution in [0.4, 0.5) is 5.69 Å². The van der Waals surface area contributed by atoms with Gasteiger partial charge in [-0.2, -0.15) is 0 Å². The molecule has 2 aromatic rings. The van der Waals surface area contributed by atoms with Gasteiger partial charge in [-0.05, 0) is 31.9 Å². The number of aromatic nitrogens is 1. The molecule has 1 aromatic carbocycles. The third-order valence-electron chi connectivity index (χ3n) is 2.93. The summed E-state index contributed by atoms with van der Waals surface area (Å²) in [5, 5.41) is 13.3. The molecule has 2 rings (SSSR count). The molecule has 5 heteroatoms. The summed E-state index contributed by atoms with van der Waals surface area (Å²) in [5.41, 5.74) is 1.27. The van der Waals surface area contributed by atoms with Gasteiger partial charge in [0.15, 0.2) is 0 Å². The molecule has 0 saturated heterocycles. The topological polar surface area (TPSA) is 62.2 Å². The number of anilines is 1. The van der Waals surface area contributed by atoms with Crippen LogP contribution < -0.4 is 5.32 Å². The highest BCUT2D eigenvalue weighted by molar-refractivity contribution is 7.13. The number of phenolic OH excluding ortho intramolecular Hbond substituents is 1. The van der Waals surface area contributed by atoms with Crippen molar-refractivity contribution in [1.29, 1.82) is 0 Å². The normalized spacial score (nSPS) is 10.5. The van der Waals surface area contributed by atoms with Gasteiger partial charge in [0.05, 0.1) is 16.4 Å². The van der Waals surface area contributed by atoms with Crippen LogP contribution in [0.15, 0.2) is 24.3 Å². The van der Waals surface area contributed by atoms with Crippen molar-refractivity contribution < 1.29 is 9.90 Å². The first-order valence-electron chi connectivity index (χ1n) is 6.67. The zero-order chi connectivity index (χ0) is 14.5. The van der Waals surface area contributed by atoms with Gasteiger partial charge in [0.2, 0.25) is 0 Å². The molecule has 2 N–H and O–H groups in total. The number of rotatable bonds is 5. The van der Waals surface area contributed by atoms with E-state index in [4.69, 9.17) is 0 Å². The average molecular weight is 290 g/mol. The van der Waals surface area contributed by atoms with Gasteiger partial charge in [-0.15, -0.1) is 11.3 Å². The Kier molecular flexibility index (Phi) is 4.74. The molecule has 0 atom stereocenters. The Labute approximate surface area is 122 Å². The van der Waals surface area contributed by atoms with Crippen molar-refractivity contribution in [2.75, 3.05) is 5.32 Å². The van der Waals surface area contributed by atoms with Gasteiger partial charge in [0.1, 0.15) is 10.6 Å². The van der Waals surface area contributed by atoms with Crippen molar-refractivity contribution in [2.45, 2.75) is 33.1 Å². The second-order valence-electron chi connectivity index (χ2n) is 4.58. The number of aromatic hydroxyl groups is 1. The Morgan fingerprint density at radius 2 is 2.15 bits per heavy atom. The molecule has 0 aliphatic rings. The molecule has 0 saturated carbocycles. The summed E-state index contributed by atoms with van der Waals surface area (Å²) < 4.78 is 0. The van der Waals surface area contributed by atoms with Crippen LogP contribution in [0.3, 0.4) is 0 Å². The molecule has 0 radical (unpaired) electrons. The minimum Gasteiger partial charge on any atom is -0.506 e. The quantitative estimate of drug-likeness (QED) is 0.824. The summed E-state index contributed by atoms with van der Waals surface area (Å²) in [6.07, 6.45) is 2.89. The van der Waals surface area contributed by atoms with Crippen LogP contribution in [0.25, 0.3) is 0 Å². The molecule has 0 aliphatic carbocycles. The fourth-order valence-electron chi connectivity index (χ4n) is 1.92. The standard InChI is InChI=1S/C15H18N2O2S/c1-3-4-7-12-14(20-10(2)16-12)15(19)17-11-8-5-6-9-13(11)18/h5-6,8-9,18H,3-4,7H2,1-2H3,(H,17,19). The fourth-order valence-corrected chi connectivity index (χ4v) is 2.78. The van der Waals surface area contributed by atoms with Crippen LogP contribution in [0, 0.1) is 6.92 Å². The zero-order valence-electron chi connectivity index (χ0n) is 11.6. The molecule has 0 spiro atoms. The number of unbranched alkanes of at least 4 members (excludes halogenated alkanes) is 1. The number of benzene rings is 1. The van der Waals surface area contributed by atoms with E-state index in [2.05, 4.69) is 17.2 Å². The molecule has 0 bridgehead atoms. The number of aryl methyl sites for hydroxylation is 2. The van der Waals surface area contributed by atoms with Gasteiger partial charge < -0.3 is 10.4 Å². The number of amides is 1. The van der Waals surface area contributed by atoms with Gasteiger partial charge in [-0.3, -0.25) is 4.79 Å². The lowest BCUT2D eigenvalue weighted by molar-refractivity contribution is 0.102. The second-order valence-corrected chi connectivity index (χ2v) is 5.79. The monoisotopic (exact) mass is 290 g/mol. The lowest BCUT2D eigenvalue weighted by Crippen LogP contribution is -2.12. The lowest BCUT2D eigenvalue weighted by Gasteiger charge is -2.06. The number of para-hydroxylation sites is 2. The van der Waals surface area contributed by atoms with Crippen molar-refractivity contribution in [3.63, 3.8) is 0 Å². The molecule has 1 amide bonds. The van der Waals surface area contributed by atoms with E-state index in [9.17, 15) is 9.90 Å². The van der Waals surface area contributed by atoms with Crippen LogP contribution in [0.2, 0.25) is 0 Å². The number of carbonyl (C=O) groups is 1. The minimum absolute atomic E-state index is 0.0668. The number of hydrogen-bond donors (Lipinski definition) is 2. The highest BCUT2D eigenvalue weighted by atomic mass is 32.1. The molecule has 0 fully saturated rings. The number of thiazole rings is 1. The van der Waals surface area contributed by atoms with E-state index in [-0.39, 0.29) is 11.7 Å². The maximum atomic E-state index is 12.3. The Balaban J connectivity index is 2.19. The predicted octanol–water partition coefficient (Wildman–Crippen LogP) is 3.75. The number of nitrogens with zero attached hydrogens (tertiary/aromatic N) is 1. The first kappa shape index (κ1) is 14.5. The highest BCUT2D eigenvalue weighted by Gasteiger charge is 2.17. The molecule has 20 heavy (non-hydrogen) atoms. The molecular weight excluding hydrogens is 272 g/mol. The summed E-state index contributed by atoms with van der Waals surface area (Å²) in [4.78, 5) is 17.4. The second kappa shape index (κ2) is 6.52. The molecular formula is C15H18N2O2S. The number of hydrogen-bond acceptors (Lipinski definition) is 4. The fraction of sp³-hybridized carbons (Fsp3) is 0.333. The van der Waals surface area contributed by atoms with Gasteiger partial charge >= 0.3 is 0 Å². The van der Waals surface area contributed by atoms with Gasteiger partial charge in [0.25, 0.3) is 5.91 Å². The van der Waals surface area contributed by atoms with E-state index in [0.717, 1.165) is 30.0 Å². The van der Waals surface area contributed by atoms with Crippen molar-refractivity contribution in [3.05, 3.63) is 39.8 Å². The molecule has 1 heterocycles. The van der Waals surface area contributed by atoms with Gasteiger partial charge in [-0.25, -0.2) is 4.98 Å². The number of phenols is 1. The summed E-state index contributed by atoms with van der Waals surface area (Å²) in [6.45, 7) is 4.01. The lowest BCUT2D eigenvalue weighted by atomic mass is 10.2. The summed E-state index contributed by atoms with van der Waals surface area (Å²) in [5.74, 6) is -0.139. The van der Waals surface area contributed by atoms with Crippen LogP contribution in [-0.2, 0) is 6.42 Å². The first-order chi connectivity index (χ1) is 9.61. The van der Waals surface area contributed by atoms with E-state index in [1.54, 1.807) is 24.3 Å². The average Bonchev–Trinajstić information content (AvgIpc) is 2.80. The Bertz CT molecular complexity index is 608. The SMILES string of the molecule is CCCCc1nc(C)sc1C(=O)Nc1ccccc1O. The summed E-state index contributed by atoms with van der Waals surface area (Å²) in [7, 11) is 0. The Hall–Kier alpha value is -1.88. The van der Waals surface area contributed by atoms with Gasteiger partial charge in [-0.1, -0.05) is 25.5 Å². The van der Waals surface area contributed by atoms with E-state index >= 15 is 0 Å². The maximum absolute atomic E-state index is 12.3. The molecule has 1 aromatic heterocycles. The third-order valence-corrected chi connectivity index (χ3v) is 3.94. The van der Waals surface area contributed by atoms with E-state index in [0.29, 0.717) is 10.6 Å². The predicted molar refractivity (Wildman–Crippen MR) is 81.5 cm³/mol. The smallest absolute Gasteiger partial charge is 0.267 e. The van der Waals surface area contributed by atoms with Crippen molar-refractivity contribution in [3.8, 4) is 5.75 Å². The highest BCUT2D eigenvalue weighted by Crippen LogP contribution is 2.25. The summed E-state index contributed by atoms with van der Waals surface area (Å²) >= 11 is 1.39. The van der Waals surface area contributed by atoms with Crippen LogP contribution in [-0.4, -0.2) is 16.0 Å². The number of nitrogens with one attached hydrogen (secondary N) is 1. The van der Waals surface area contributed by atoms with Crippen LogP contribution >= 0.6 is 11.3 Å². The van der Waals surface area contributed by atoms with E-state index in [1.807, 2.05) is 6.92 Å². The first-order valence-corrected chi connectivity index (χ1v) is 7.49. The minimum atomic E-state index is -0.205. The summed E-state index contributed by atoms with van der Waals surface area (Å²) in [6, 6.07) is 6.71. The largest absolute Gasteiger partial charge is 0.506 e. The van der Waals surface area contributed by atoms with Crippen molar-refractivity contribution in [2.24, 2.45) is 0 Å². The van der Waals surface area contributed by atoms with Gasteiger partial charge in [0, 0.05) is 0 Å². The third kappa shape index (κ3) is 3.36. The molecule has 0 unspecified atom stereocenters. The van der Waals surface area contributed by atoms with Crippen molar-refractivity contribution in [1.82, 2.24) is 4.98 Å². The maximum Gasteiger partial charge on any atom is 0.267 e. The van der Waals surface area contributed by atoms with E-state index in [1.165, 1.54) is 11.3 Å². The molecule has 4 nitrogen and oxygen atoms in total. The molecule has 0 aliphatic heterocycles. The van der Waals surface area contributed by atoms with Crippen LogP contribution in [0.5, 0.6) is 5.75 Å². The van der Waals surface area contributed by atoms with Crippen LogP contribution in [0.1, 0.15) is 40.1 Å². The zero-order valence-corrected chi connectivity index (χ0v) is 12.5. The Morgan fingerprint density at radius 3 is 2.85 bits per heavy atom.